The van der Waals surface area contributed by atoms with Gasteiger partial charge in [-0.1, -0.05) is 0 Å². The molecule has 0 bridgehead atoms. The van der Waals surface area contributed by atoms with E-state index >= 15 is 0 Å². The number of pyridine rings is 1. The maximum absolute atomic E-state index is 10.7. The summed E-state index contributed by atoms with van der Waals surface area (Å²) < 4.78 is 0. The lowest BCUT2D eigenvalue weighted by Crippen LogP contribution is -2.38. The lowest BCUT2D eigenvalue weighted by atomic mass is 10.1. The van der Waals surface area contributed by atoms with Gasteiger partial charge in [-0.2, -0.15) is 0 Å². The summed E-state index contributed by atoms with van der Waals surface area (Å²) in [5, 5.41) is 3.35. The molecule has 0 spiro atoms. The van der Waals surface area contributed by atoms with Gasteiger partial charge in [-0.15, -0.1) is 0 Å². The Hall–Kier alpha value is -2.50. The molecule has 1 saturated heterocycles. The average Bonchev–Trinajstić information content (AvgIpc) is 2.57. The predicted octanol–water partition coefficient (Wildman–Crippen LogP) is 1.57. The van der Waals surface area contributed by atoms with Gasteiger partial charge in [-0.25, -0.2) is 9.97 Å². The highest BCUT2D eigenvalue weighted by Crippen LogP contribution is 2.18. The summed E-state index contributed by atoms with van der Waals surface area (Å²) in [6, 6.07) is 6.05. The third kappa shape index (κ3) is 3.34. The maximum Gasteiger partial charge on any atom is 0.223 e. The Kier molecular flexibility index (Phi) is 4.04. The molecular formula is C15H17N5O. The number of likely N-dealkylation sites (tertiary alicyclic amines) is 1. The first-order valence-electron chi connectivity index (χ1n) is 7.04. The molecule has 2 aromatic rings. The number of piperidine rings is 1. The van der Waals surface area contributed by atoms with Gasteiger partial charge in [0.2, 0.25) is 12.4 Å². The van der Waals surface area contributed by atoms with Gasteiger partial charge >= 0.3 is 0 Å². The Balaban J connectivity index is 1.68. The first kappa shape index (κ1) is 13.5. The second-order valence-electron chi connectivity index (χ2n) is 5.07. The monoisotopic (exact) mass is 283 g/mol. The number of carbonyl (C=O) groups excluding carboxylic acids is 1. The molecule has 3 heterocycles. The fourth-order valence-electron chi connectivity index (χ4n) is 2.44. The van der Waals surface area contributed by atoms with Crippen LogP contribution in [0.25, 0.3) is 11.3 Å². The van der Waals surface area contributed by atoms with Gasteiger partial charge in [-0.05, 0) is 31.0 Å². The van der Waals surface area contributed by atoms with Gasteiger partial charge in [0.25, 0.3) is 0 Å². The fourth-order valence-corrected chi connectivity index (χ4v) is 2.44. The summed E-state index contributed by atoms with van der Waals surface area (Å²) in [6.07, 6.45) is 8.02. The zero-order valence-electron chi connectivity index (χ0n) is 11.6. The van der Waals surface area contributed by atoms with Gasteiger partial charge in [0.1, 0.15) is 0 Å². The highest BCUT2D eigenvalue weighted by atomic mass is 16.1. The molecule has 0 saturated carbocycles. The Morgan fingerprint density at radius 3 is 2.81 bits per heavy atom. The van der Waals surface area contributed by atoms with Gasteiger partial charge in [0, 0.05) is 43.3 Å². The van der Waals surface area contributed by atoms with Crippen molar-refractivity contribution in [1.29, 1.82) is 0 Å². The van der Waals surface area contributed by atoms with Crippen molar-refractivity contribution >= 4 is 12.4 Å². The Morgan fingerprint density at radius 1 is 1.24 bits per heavy atom. The van der Waals surface area contributed by atoms with Crippen molar-refractivity contribution in [2.24, 2.45) is 0 Å². The van der Waals surface area contributed by atoms with E-state index in [1.165, 1.54) is 0 Å². The number of aromatic nitrogens is 3. The predicted molar refractivity (Wildman–Crippen MR) is 79.5 cm³/mol. The van der Waals surface area contributed by atoms with E-state index in [-0.39, 0.29) is 0 Å². The van der Waals surface area contributed by atoms with Crippen molar-refractivity contribution in [1.82, 2.24) is 19.9 Å². The number of amides is 1. The first-order chi connectivity index (χ1) is 10.3. The smallest absolute Gasteiger partial charge is 0.223 e. The number of anilines is 1. The van der Waals surface area contributed by atoms with Crippen LogP contribution >= 0.6 is 0 Å². The van der Waals surface area contributed by atoms with Gasteiger partial charge in [-0.3, -0.25) is 9.78 Å². The van der Waals surface area contributed by atoms with E-state index < -0.39 is 0 Å². The number of nitrogens with one attached hydrogen (secondary N) is 1. The van der Waals surface area contributed by atoms with Crippen molar-refractivity contribution in [2.75, 3.05) is 18.4 Å². The van der Waals surface area contributed by atoms with Gasteiger partial charge in [0.05, 0.1) is 5.69 Å². The van der Waals surface area contributed by atoms with Crippen LogP contribution in [0.3, 0.4) is 0 Å². The van der Waals surface area contributed by atoms with Crippen LogP contribution in [0.15, 0.2) is 36.8 Å². The molecule has 6 nitrogen and oxygen atoms in total. The minimum atomic E-state index is 0.311. The summed E-state index contributed by atoms with van der Waals surface area (Å²) in [5.41, 5.74) is 1.82. The molecule has 1 aliphatic heterocycles. The van der Waals surface area contributed by atoms with E-state index in [0.29, 0.717) is 12.0 Å². The van der Waals surface area contributed by atoms with Crippen LogP contribution in [-0.4, -0.2) is 45.4 Å². The van der Waals surface area contributed by atoms with Crippen molar-refractivity contribution < 1.29 is 4.79 Å². The second-order valence-corrected chi connectivity index (χ2v) is 5.07. The van der Waals surface area contributed by atoms with Crippen LogP contribution in [0.2, 0.25) is 0 Å². The molecule has 0 unspecified atom stereocenters. The van der Waals surface area contributed by atoms with E-state index in [1.807, 2.05) is 18.2 Å². The number of nitrogens with zero attached hydrogens (tertiary/aromatic N) is 4. The molecule has 1 N–H and O–H groups in total. The van der Waals surface area contributed by atoms with Crippen molar-refractivity contribution in [2.45, 2.75) is 18.9 Å². The lowest BCUT2D eigenvalue weighted by molar-refractivity contribution is -0.118. The van der Waals surface area contributed by atoms with Crippen molar-refractivity contribution in [3.63, 3.8) is 0 Å². The summed E-state index contributed by atoms with van der Waals surface area (Å²) in [7, 11) is 0. The summed E-state index contributed by atoms with van der Waals surface area (Å²) in [4.78, 5) is 25.4. The third-order valence-corrected chi connectivity index (χ3v) is 3.62. The van der Waals surface area contributed by atoms with E-state index in [2.05, 4.69) is 20.3 Å². The van der Waals surface area contributed by atoms with Crippen LogP contribution < -0.4 is 5.32 Å². The number of hydrogen-bond acceptors (Lipinski definition) is 5. The zero-order chi connectivity index (χ0) is 14.5. The third-order valence-electron chi connectivity index (χ3n) is 3.62. The van der Waals surface area contributed by atoms with E-state index in [1.54, 1.807) is 23.5 Å². The molecule has 1 aliphatic rings. The van der Waals surface area contributed by atoms with Crippen LogP contribution in [-0.2, 0) is 4.79 Å². The van der Waals surface area contributed by atoms with Crippen LogP contribution in [0.4, 0.5) is 5.95 Å². The van der Waals surface area contributed by atoms with Crippen LogP contribution in [0.5, 0.6) is 0 Å². The minimum Gasteiger partial charge on any atom is -0.351 e. The maximum atomic E-state index is 10.7. The molecule has 2 aromatic heterocycles. The first-order valence-corrected chi connectivity index (χ1v) is 7.04. The largest absolute Gasteiger partial charge is 0.351 e. The van der Waals surface area contributed by atoms with Gasteiger partial charge < -0.3 is 10.2 Å². The molecule has 21 heavy (non-hydrogen) atoms. The van der Waals surface area contributed by atoms with E-state index in [9.17, 15) is 4.79 Å². The summed E-state index contributed by atoms with van der Waals surface area (Å²) in [5.74, 6) is 0.626. The molecule has 0 aliphatic carbocycles. The van der Waals surface area contributed by atoms with E-state index in [0.717, 1.165) is 43.6 Å². The normalized spacial score (nSPS) is 15.7. The standard InChI is InChI=1S/C15H17N5O/c21-11-20-8-4-13(5-9-20)18-15-17-7-3-14(19-15)12-2-1-6-16-10-12/h1-3,6-7,10-11,13H,4-5,8-9H2,(H,17,18,19). The zero-order valence-corrected chi connectivity index (χ0v) is 11.6. The SMILES string of the molecule is O=CN1CCC(Nc2nccc(-c3cccnc3)n2)CC1. The minimum absolute atomic E-state index is 0.311. The highest BCUT2D eigenvalue weighted by Gasteiger charge is 2.18. The van der Waals surface area contributed by atoms with Crippen molar-refractivity contribution in [3.8, 4) is 11.3 Å². The van der Waals surface area contributed by atoms with Gasteiger partial charge in [0.15, 0.2) is 0 Å². The average molecular weight is 283 g/mol. The molecule has 0 aromatic carbocycles. The molecule has 1 fully saturated rings. The summed E-state index contributed by atoms with van der Waals surface area (Å²) in [6.45, 7) is 1.56. The topological polar surface area (TPSA) is 71.0 Å². The molecule has 0 atom stereocenters. The Labute approximate surface area is 123 Å². The van der Waals surface area contributed by atoms with Crippen LogP contribution in [0, 0.1) is 0 Å². The van der Waals surface area contributed by atoms with Crippen LogP contribution in [0.1, 0.15) is 12.8 Å². The van der Waals surface area contributed by atoms with Crippen molar-refractivity contribution in [3.05, 3.63) is 36.8 Å². The highest BCUT2D eigenvalue weighted by molar-refractivity contribution is 5.58. The Bertz CT molecular complexity index is 596. The molecule has 0 radical (unpaired) electrons. The second kappa shape index (κ2) is 6.30. The fraction of sp³-hybridized carbons (Fsp3) is 0.333. The lowest BCUT2D eigenvalue weighted by Gasteiger charge is -2.29. The quantitative estimate of drug-likeness (QED) is 0.862. The Morgan fingerprint density at radius 2 is 2.10 bits per heavy atom. The molecule has 108 valence electrons. The molecule has 6 heteroatoms. The number of carbonyl (C=O) groups is 1. The van der Waals surface area contributed by atoms with E-state index in [4.69, 9.17) is 0 Å². The molecule has 3 rings (SSSR count). The number of rotatable bonds is 4. The number of hydrogen-bond donors (Lipinski definition) is 1. The molecular weight excluding hydrogens is 266 g/mol. The molecule has 1 amide bonds. The summed E-state index contributed by atoms with van der Waals surface area (Å²) >= 11 is 0.